The van der Waals surface area contributed by atoms with Crippen LogP contribution in [0.2, 0.25) is 0 Å². The molecule has 0 saturated heterocycles. The van der Waals surface area contributed by atoms with Crippen molar-refractivity contribution in [2.45, 2.75) is 13.1 Å². The van der Waals surface area contributed by atoms with Crippen LogP contribution in [0.5, 0.6) is 11.5 Å². The van der Waals surface area contributed by atoms with Crippen molar-refractivity contribution in [3.8, 4) is 11.5 Å². The van der Waals surface area contributed by atoms with Gasteiger partial charge in [-0.25, -0.2) is 0 Å². The Morgan fingerprint density at radius 3 is 2.29 bits per heavy atom. The van der Waals surface area contributed by atoms with Gasteiger partial charge in [-0.15, -0.1) is 0 Å². The third-order valence-corrected chi connectivity index (χ3v) is 3.49. The molecule has 8 heteroatoms. The molecule has 0 amide bonds. The van der Waals surface area contributed by atoms with E-state index in [1.165, 1.54) is 31.2 Å². The van der Waals surface area contributed by atoms with E-state index in [4.69, 9.17) is 9.47 Å². The molecule has 0 aliphatic rings. The van der Waals surface area contributed by atoms with E-state index in [0.29, 0.717) is 17.1 Å². The maximum absolute atomic E-state index is 12.2. The Balaban J connectivity index is 2.35. The van der Waals surface area contributed by atoms with E-state index < -0.39 is 17.1 Å². The van der Waals surface area contributed by atoms with Gasteiger partial charge < -0.3 is 18.8 Å². The number of esters is 1. The Labute approximate surface area is 137 Å². The Hall–Kier alpha value is -3.03. The molecule has 8 nitrogen and oxygen atoms in total. The molecule has 2 rings (SSSR count). The van der Waals surface area contributed by atoms with Gasteiger partial charge >= 0.3 is 17.1 Å². The number of nitrogens with zero attached hydrogens (tertiary/aromatic N) is 2. The quantitative estimate of drug-likeness (QED) is 0.556. The summed E-state index contributed by atoms with van der Waals surface area (Å²) in [7, 11) is 4.26. The average Bonchev–Trinajstić information content (AvgIpc) is 2.61. The molecule has 1 heterocycles. The van der Waals surface area contributed by atoms with E-state index in [1.807, 2.05) is 0 Å². The lowest BCUT2D eigenvalue weighted by atomic mass is 10.2. The fraction of sp³-hybridized carbons (Fsp3) is 0.312. The average molecular weight is 334 g/mol. The highest BCUT2D eigenvalue weighted by Crippen LogP contribution is 2.24. The van der Waals surface area contributed by atoms with Gasteiger partial charge in [0, 0.05) is 24.0 Å². The Bertz CT molecular complexity index is 852. The highest BCUT2D eigenvalue weighted by Gasteiger charge is 2.11. The maximum Gasteiger partial charge on any atom is 0.325 e. The lowest BCUT2D eigenvalue weighted by Gasteiger charge is -2.12. The first-order valence-corrected chi connectivity index (χ1v) is 7.07. The highest BCUT2D eigenvalue weighted by molar-refractivity contribution is 5.68. The molecule has 0 radical (unpaired) electrons. The van der Waals surface area contributed by atoms with Crippen molar-refractivity contribution in [3.05, 3.63) is 56.9 Å². The van der Waals surface area contributed by atoms with Crippen molar-refractivity contribution >= 4 is 5.97 Å². The van der Waals surface area contributed by atoms with E-state index >= 15 is 0 Å². The molecule has 128 valence electrons. The second-order valence-electron chi connectivity index (χ2n) is 4.92. The van der Waals surface area contributed by atoms with Crippen molar-refractivity contribution in [2.75, 3.05) is 21.3 Å². The first-order chi connectivity index (χ1) is 11.5. The molecule has 1 aromatic carbocycles. The Morgan fingerprint density at radius 2 is 1.67 bits per heavy atom. The van der Waals surface area contributed by atoms with Crippen LogP contribution in [0.15, 0.2) is 40.2 Å². The summed E-state index contributed by atoms with van der Waals surface area (Å²) in [6, 6.07) is 5.18. The number of hydrogen-bond acceptors (Lipinski definition) is 6. The molecule has 0 saturated carbocycles. The zero-order chi connectivity index (χ0) is 17.7. The molecule has 0 aliphatic carbocycles. The molecule has 24 heavy (non-hydrogen) atoms. The van der Waals surface area contributed by atoms with Crippen molar-refractivity contribution in [1.29, 1.82) is 0 Å². The third kappa shape index (κ3) is 3.65. The van der Waals surface area contributed by atoms with Crippen molar-refractivity contribution < 1.29 is 19.0 Å². The van der Waals surface area contributed by atoms with Gasteiger partial charge in [-0.2, -0.15) is 0 Å². The second kappa shape index (κ2) is 7.49. The zero-order valence-electron chi connectivity index (χ0n) is 13.6. The zero-order valence-corrected chi connectivity index (χ0v) is 13.6. The van der Waals surface area contributed by atoms with Crippen LogP contribution in [0.1, 0.15) is 5.56 Å². The topological polar surface area (TPSA) is 88.8 Å². The summed E-state index contributed by atoms with van der Waals surface area (Å²) < 4.78 is 17.2. The van der Waals surface area contributed by atoms with Crippen LogP contribution in [0.3, 0.4) is 0 Å². The van der Waals surface area contributed by atoms with Gasteiger partial charge in [0.05, 0.1) is 27.9 Å². The monoisotopic (exact) mass is 334 g/mol. The van der Waals surface area contributed by atoms with Crippen LogP contribution < -0.4 is 20.6 Å². The number of carbonyl (C=O) groups excluding carboxylic acids is 1. The summed E-state index contributed by atoms with van der Waals surface area (Å²) in [4.78, 5) is 35.5. The predicted molar refractivity (Wildman–Crippen MR) is 85.6 cm³/mol. The third-order valence-electron chi connectivity index (χ3n) is 3.49. The van der Waals surface area contributed by atoms with Crippen LogP contribution in [0.25, 0.3) is 0 Å². The van der Waals surface area contributed by atoms with Crippen molar-refractivity contribution in [1.82, 2.24) is 9.13 Å². The first-order valence-electron chi connectivity index (χ1n) is 7.07. The summed E-state index contributed by atoms with van der Waals surface area (Å²) >= 11 is 0. The summed E-state index contributed by atoms with van der Waals surface area (Å²) in [6.45, 7) is -0.155. The number of methoxy groups -OCH3 is 3. The molecule has 2 aromatic rings. The SMILES string of the molecule is COC(=O)Cn1ccn(Cc2ccc(OC)cc2OC)c(=O)c1=O. The molecule has 0 N–H and O–H groups in total. The number of hydrogen-bond donors (Lipinski definition) is 0. The van der Waals surface area contributed by atoms with Crippen LogP contribution in [-0.2, 0) is 22.6 Å². The van der Waals surface area contributed by atoms with Gasteiger partial charge in [0.15, 0.2) is 0 Å². The van der Waals surface area contributed by atoms with Crippen molar-refractivity contribution in [3.63, 3.8) is 0 Å². The molecule has 0 bridgehead atoms. The standard InChI is InChI=1S/C16H18N2O6/c1-22-12-5-4-11(13(8-12)23-2)9-17-6-7-18(10-14(19)24-3)16(21)15(17)20/h4-8H,9-10H2,1-3H3. The Kier molecular flexibility index (Phi) is 5.41. The summed E-state index contributed by atoms with van der Waals surface area (Å²) in [5.74, 6) is 0.558. The summed E-state index contributed by atoms with van der Waals surface area (Å²) in [6.07, 6.45) is 2.81. The van der Waals surface area contributed by atoms with Gasteiger partial charge in [0.1, 0.15) is 18.0 Å². The molecule has 0 aliphatic heterocycles. The minimum absolute atomic E-state index is 0.153. The number of rotatable bonds is 6. The van der Waals surface area contributed by atoms with Gasteiger partial charge in [-0.05, 0) is 12.1 Å². The minimum atomic E-state index is -0.796. The summed E-state index contributed by atoms with van der Waals surface area (Å²) in [5, 5.41) is 0. The molecule has 0 atom stereocenters. The number of benzene rings is 1. The van der Waals surface area contributed by atoms with Gasteiger partial charge in [-0.3, -0.25) is 19.0 Å². The Morgan fingerprint density at radius 1 is 1.00 bits per heavy atom. The fourth-order valence-electron chi connectivity index (χ4n) is 2.16. The number of ether oxygens (including phenoxy) is 3. The van der Waals surface area contributed by atoms with Crippen LogP contribution in [0, 0.1) is 0 Å². The minimum Gasteiger partial charge on any atom is -0.497 e. The smallest absolute Gasteiger partial charge is 0.325 e. The van der Waals surface area contributed by atoms with Crippen LogP contribution in [0.4, 0.5) is 0 Å². The van der Waals surface area contributed by atoms with Gasteiger partial charge in [-0.1, -0.05) is 0 Å². The first kappa shape index (κ1) is 17.3. The normalized spacial score (nSPS) is 10.3. The van der Waals surface area contributed by atoms with Crippen molar-refractivity contribution in [2.24, 2.45) is 0 Å². The van der Waals surface area contributed by atoms with Gasteiger partial charge in [0.25, 0.3) is 0 Å². The molecule has 0 unspecified atom stereocenters. The van der Waals surface area contributed by atoms with Crippen LogP contribution in [-0.4, -0.2) is 36.4 Å². The predicted octanol–water partition coefficient (Wildman–Crippen LogP) is 0.248. The highest BCUT2D eigenvalue weighted by atomic mass is 16.5. The van der Waals surface area contributed by atoms with E-state index in [0.717, 1.165) is 4.57 Å². The molecule has 0 spiro atoms. The molecular weight excluding hydrogens is 316 g/mol. The number of carbonyl (C=O) groups is 1. The fourth-order valence-corrected chi connectivity index (χ4v) is 2.16. The number of aromatic nitrogens is 2. The molecular formula is C16H18N2O6. The molecule has 0 fully saturated rings. The lowest BCUT2D eigenvalue weighted by Crippen LogP contribution is -2.41. The summed E-state index contributed by atoms with van der Waals surface area (Å²) in [5.41, 5.74) is -0.819. The largest absolute Gasteiger partial charge is 0.497 e. The van der Waals surface area contributed by atoms with E-state index in [9.17, 15) is 14.4 Å². The van der Waals surface area contributed by atoms with Crippen LogP contribution >= 0.6 is 0 Å². The van der Waals surface area contributed by atoms with E-state index in [2.05, 4.69) is 4.74 Å². The van der Waals surface area contributed by atoms with E-state index in [1.54, 1.807) is 25.3 Å². The maximum atomic E-state index is 12.2. The molecule has 1 aromatic heterocycles. The van der Waals surface area contributed by atoms with Gasteiger partial charge in [0.2, 0.25) is 0 Å². The second-order valence-corrected chi connectivity index (χ2v) is 4.92. The lowest BCUT2D eigenvalue weighted by molar-refractivity contribution is -0.141. The van der Waals surface area contributed by atoms with E-state index in [-0.39, 0.29) is 13.1 Å².